The minimum Gasteiger partial charge on any atom is -0.325 e. The second kappa shape index (κ2) is 8.86. The Labute approximate surface area is 183 Å². The molecule has 2 aromatic carbocycles. The number of nitrogens with one attached hydrogen (secondary N) is 1. The Bertz CT molecular complexity index is 1120. The van der Waals surface area contributed by atoms with Crippen molar-refractivity contribution >= 4 is 57.6 Å². The smallest absolute Gasteiger partial charge is 0.325 e. The van der Waals surface area contributed by atoms with E-state index in [1.807, 2.05) is 0 Å². The van der Waals surface area contributed by atoms with Gasteiger partial charge in [-0.05, 0) is 29.8 Å². The highest BCUT2D eigenvalue weighted by Crippen LogP contribution is 2.33. The lowest BCUT2D eigenvalue weighted by Gasteiger charge is -2.15. The summed E-state index contributed by atoms with van der Waals surface area (Å²) in [7, 11) is 0. The van der Waals surface area contributed by atoms with Crippen LogP contribution in [0, 0.1) is 10.1 Å². The molecule has 0 saturated carbocycles. The molecule has 1 heterocycles. The Morgan fingerprint density at radius 3 is 2.61 bits per heavy atom. The van der Waals surface area contributed by atoms with Crippen LogP contribution in [0.15, 0.2) is 53.4 Å². The van der Waals surface area contributed by atoms with Crippen molar-refractivity contribution in [3.63, 3.8) is 0 Å². The fourth-order valence-electron chi connectivity index (χ4n) is 2.63. The normalized spacial score (nSPS) is 15.5. The highest BCUT2D eigenvalue weighted by Gasteiger charge is 2.34. The van der Waals surface area contributed by atoms with Crippen molar-refractivity contribution in [2.24, 2.45) is 0 Å². The van der Waals surface area contributed by atoms with Crippen molar-refractivity contribution in [1.29, 1.82) is 0 Å². The molecule has 1 aliphatic rings. The highest BCUT2D eigenvalue weighted by molar-refractivity contribution is 8.26. The number of halogens is 3. The van der Waals surface area contributed by atoms with Gasteiger partial charge >= 0.3 is 6.18 Å². The lowest BCUT2D eigenvalue weighted by atomic mass is 10.2. The lowest BCUT2D eigenvalue weighted by Crippen LogP contribution is -2.36. The number of rotatable bonds is 5. The van der Waals surface area contributed by atoms with E-state index in [2.05, 4.69) is 5.32 Å². The number of amides is 2. The molecule has 160 valence electrons. The molecular formula is C19H12F3N3O4S2. The SMILES string of the molecule is O=C(CN1C(=O)/C(=C/c2cccc([N+](=O)[O-])c2)SC1=S)Nc1cccc(C(F)(F)F)c1. The Morgan fingerprint density at radius 2 is 1.94 bits per heavy atom. The molecule has 1 N–H and O–H groups in total. The van der Waals surface area contributed by atoms with Gasteiger partial charge in [0.2, 0.25) is 5.91 Å². The molecule has 0 aromatic heterocycles. The number of nitro benzene ring substituents is 1. The summed E-state index contributed by atoms with van der Waals surface area (Å²) < 4.78 is 38.5. The summed E-state index contributed by atoms with van der Waals surface area (Å²) in [5.74, 6) is -1.31. The molecule has 0 atom stereocenters. The van der Waals surface area contributed by atoms with E-state index >= 15 is 0 Å². The van der Waals surface area contributed by atoms with Crippen LogP contribution in [0.3, 0.4) is 0 Å². The Hall–Kier alpha value is -3.25. The molecule has 0 unspecified atom stereocenters. The van der Waals surface area contributed by atoms with Crippen molar-refractivity contribution < 1.29 is 27.7 Å². The first-order valence-electron chi connectivity index (χ1n) is 8.51. The topological polar surface area (TPSA) is 92.5 Å². The number of non-ortho nitro benzene ring substituents is 1. The van der Waals surface area contributed by atoms with E-state index in [1.54, 1.807) is 6.07 Å². The quantitative estimate of drug-likeness (QED) is 0.302. The van der Waals surface area contributed by atoms with Crippen LogP contribution in [-0.4, -0.2) is 32.5 Å². The lowest BCUT2D eigenvalue weighted by molar-refractivity contribution is -0.384. The van der Waals surface area contributed by atoms with E-state index in [1.165, 1.54) is 30.3 Å². The number of benzene rings is 2. The molecule has 2 aromatic rings. The number of hydrogen-bond acceptors (Lipinski definition) is 6. The predicted molar refractivity (Wildman–Crippen MR) is 113 cm³/mol. The largest absolute Gasteiger partial charge is 0.416 e. The van der Waals surface area contributed by atoms with Crippen molar-refractivity contribution in [2.45, 2.75) is 6.18 Å². The fraction of sp³-hybridized carbons (Fsp3) is 0.105. The minimum atomic E-state index is -4.56. The van der Waals surface area contributed by atoms with Gasteiger partial charge in [-0.15, -0.1) is 0 Å². The Kier molecular flexibility index (Phi) is 6.41. The Balaban J connectivity index is 1.71. The average Bonchev–Trinajstić information content (AvgIpc) is 2.95. The first kappa shape index (κ1) is 22.4. The molecule has 1 aliphatic heterocycles. The standard InChI is InChI=1S/C19H12F3N3O4S2/c20-19(21,22)12-4-2-5-13(9-12)23-16(26)10-24-17(27)15(31-18(24)30)8-11-3-1-6-14(7-11)25(28)29/h1-9H,10H2,(H,23,26)/b15-8-. The second-order valence-corrected chi connectivity index (χ2v) is 7.92. The second-order valence-electron chi connectivity index (χ2n) is 6.25. The van der Waals surface area contributed by atoms with Crippen LogP contribution < -0.4 is 5.32 Å². The third kappa shape index (κ3) is 5.47. The zero-order chi connectivity index (χ0) is 22.8. The summed E-state index contributed by atoms with van der Waals surface area (Å²) in [4.78, 5) is 36.3. The van der Waals surface area contributed by atoms with Crippen LogP contribution in [-0.2, 0) is 15.8 Å². The van der Waals surface area contributed by atoms with Gasteiger partial charge in [-0.25, -0.2) is 0 Å². The van der Waals surface area contributed by atoms with Crippen LogP contribution in [0.1, 0.15) is 11.1 Å². The molecule has 0 radical (unpaired) electrons. The molecule has 0 aliphatic carbocycles. The maximum absolute atomic E-state index is 12.8. The van der Waals surface area contributed by atoms with Crippen molar-refractivity contribution in [2.75, 3.05) is 11.9 Å². The number of hydrogen-bond donors (Lipinski definition) is 1. The van der Waals surface area contributed by atoms with Gasteiger partial charge < -0.3 is 5.32 Å². The van der Waals surface area contributed by atoms with Gasteiger partial charge in [0, 0.05) is 17.8 Å². The van der Waals surface area contributed by atoms with E-state index in [4.69, 9.17) is 12.2 Å². The molecule has 1 fully saturated rings. The molecule has 0 bridgehead atoms. The number of nitrogens with zero attached hydrogens (tertiary/aromatic N) is 2. The summed E-state index contributed by atoms with van der Waals surface area (Å²) in [5, 5.41) is 13.2. The van der Waals surface area contributed by atoms with Crippen LogP contribution in [0.2, 0.25) is 0 Å². The third-order valence-corrected chi connectivity index (χ3v) is 5.41. The van der Waals surface area contributed by atoms with Crippen LogP contribution >= 0.6 is 24.0 Å². The van der Waals surface area contributed by atoms with Crippen LogP contribution in [0.25, 0.3) is 6.08 Å². The molecule has 0 spiro atoms. The molecule has 2 amide bonds. The van der Waals surface area contributed by atoms with Crippen molar-refractivity contribution in [3.05, 3.63) is 74.7 Å². The van der Waals surface area contributed by atoms with E-state index in [0.29, 0.717) is 5.56 Å². The van der Waals surface area contributed by atoms with Gasteiger partial charge in [0.25, 0.3) is 11.6 Å². The zero-order valence-electron chi connectivity index (χ0n) is 15.4. The summed E-state index contributed by atoms with van der Waals surface area (Å²) >= 11 is 6.04. The number of thiocarbonyl (C=S) groups is 1. The summed E-state index contributed by atoms with van der Waals surface area (Å²) in [5.41, 5.74) is -0.735. The first-order valence-corrected chi connectivity index (χ1v) is 9.74. The maximum atomic E-state index is 12.8. The molecule has 31 heavy (non-hydrogen) atoms. The van der Waals surface area contributed by atoms with Gasteiger partial charge in [-0.3, -0.25) is 24.6 Å². The van der Waals surface area contributed by atoms with Crippen LogP contribution in [0.5, 0.6) is 0 Å². The molecule has 3 rings (SSSR count). The number of nitro groups is 1. The van der Waals surface area contributed by atoms with E-state index in [-0.39, 0.29) is 20.6 Å². The number of alkyl halides is 3. The van der Waals surface area contributed by atoms with Crippen LogP contribution in [0.4, 0.5) is 24.5 Å². The molecule has 1 saturated heterocycles. The number of anilines is 1. The van der Waals surface area contributed by atoms with Gasteiger partial charge in [-0.1, -0.05) is 42.2 Å². The van der Waals surface area contributed by atoms with Crippen molar-refractivity contribution in [1.82, 2.24) is 4.90 Å². The molecular weight excluding hydrogens is 455 g/mol. The summed E-state index contributed by atoms with van der Waals surface area (Å²) in [6, 6.07) is 9.72. The first-order chi connectivity index (χ1) is 14.5. The van der Waals surface area contributed by atoms with Gasteiger partial charge in [-0.2, -0.15) is 13.2 Å². The highest BCUT2D eigenvalue weighted by atomic mass is 32.2. The van der Waals surface area contributed by atoms with E-state index < -0.39 is 35.0 Å². The maximum Gasteiger partial charge on any atom is 0.416 e. The van der Waals surface area contributed by atoms with Gasteiger partial charge in [0.15, 0.2) is 0 Å². The van der Waals surface area contributed by atoms with Gasteiger partial charge in [0.05, 0.1) is 15.4 Å². The minimum absolute atomic E-state index is 0.0718. The average molecular weight is 467 g/mol. The van der Waals surface area contributed by atoms with E-state index in [9.17, 15) is 32.9 Å². The number of carbonyl (C=O) groups excluding carboxylic acids is 2. The summed E-state index contributed by atoms with van der Waals surface area (Å²) in [6.07, 6.45) is -3.15. The van der Waals surface area contributed by atoms with Crippen molar-refractivity contribution in [3.8, 4) is 0 Å². The zero-order valence-corrected chi connectivity index (χ0v) is 17.0. The van der Waals surface area contributed by atoms with Gasteiger partial charge in [0.1, 0.15) is 10.9 Å². The Morgan fingerprint density at radius 1 is 1.23 bits per heavy atom. The fourth-order valence-corrected chi connectivity index (χ4v) is 3.89. The van der Waals surface area contributed by atoms with E-state index in [0.717, 1.165) is 34.9 Å². The molecule has 12 heteroatoms. The number of carbonyl (C=O) groups is 2. The summed E-state index contributed by atoms with van der Waals surface area (Å²) in [6.45, 7) is -0.493. The predicted octanol–water partition coefficient (Wildman–Crippen LogP) is 4.45. The molecule has 7 nitrogen and oxygen atoms in total. The monoisotopic (exact) mass is 467 g/mol. The third-order valence-electron chi connectivity index (χ3n) is 4.03. The number of thioether (sulfide) groups is 1.